The standard InChI is InChI=1S/C20H25N5O2/c1-15-11-23-19(24-12-15)22-8-5-16-6-9-27-20(16)13-25(14-20)18(26)10-17-4-2-3-7-21-17/h2-4,7,11-12,16H,5-6,8-10,13-14H2,1H3,(H,22,23,24). The van der Waals surface area contributed by atoms with Gasteiger partial charge in [-0.25, -0.2) is 9.97 Å². The maximum Gasteiger partial charge on any atom is 0.228 e. The van der Waals surface area contributed by atoms with E-state index < -0.39 is 0 Å². The number of pyridine rings is 1. The zero-order valence-corrected chi connectivity index (χ0v) is 15.6. The molecule has 2 aliphatic heterocycles. The van der Waals surface area contributed by atoms with Crippen LogP contribution in [0.5, 0.6) is 0 Å². The third-order valence-corrected chi connectivity index (χ3v) is 5.48. The Morgan fingerprint density at radius 3 is 2.85 bits per heavy atom. The smallest absolute Gasteiger partial charge is 0.228 e. The van der Waals surface area contributed by atoms with Crippen LogP contribution in [-0.2, 0) is 16.0 Å². The Morgan fingerprint density at radius 1 is 1.30 bits per heavy atom. The van der Waals surface area contributed by atoms with Crippen LogP contribution in [0.2, 0.25) is 0 Å². The number of hydrogen-bond acceptors (Lipinski definition) is 6. The molecule has 1 unspecified atom stereocenters. The van der Waals surface area contributed by atoms with Crippen molar-refractivity contribution in [3.8, 4) is 0 Å². The van der Waals surface area contributed by atoms with E-state index in [-0.39, 0.29) is 11.5 Å². The van der Waals surface area contributed by atoms with E-state index in [4.69, 9.17) is 4.74 Å². The molecule has 1 atom stereocenters. The molecule has 0 aromatic carbocycles. The fourth-order valence-corrected chi connectivity index (χ4v) is 3.93. The van der Waals surface area contributed by atoms with Crippen LogP contribution in [0.15, 0.2) is 36.8 Å². The minimum Gasteiger partial charge on any atom is -0.371 e. The highest BCUT2D eigenvalue weighted by Gasteiger charge is 2.53. The number of aromatic nitrogens is 3. The molecule has 142 valence electrons. The van der Waals surface area contributed by atoms with Gasteiger partial charge in [-0.05, 0) is 43.4 Å². The molecule has 0 radical (unpaired) electrons. The van der Waals surface area contributed by atoms with Gasteiger partial charge in [-0.3, -0.25) is 9.78 Å². The van der Waals surface area contributed by atoms with Gasteiger partial charge >= 0.3 is 0 Å². The molecule has 1 amide bonds. The maximum absolute atomic E-state index is 12.5. The van der Waals surface area contributed by atoms with Crippen molar-refractivity contribution in [2.45, 2.75) is 31.8 Å². The molecule has 7 nitrogen and oxygen atoms in total. The van der Waals surface area contributed by atoms with Crippen molar-refractivity contribution in [2.24, 2.45) is 5.92 Å². The lowest BCUT2D eigenvalue weighted by molar-refractivity contribution is -0.164. The van der Waals surface area contributed by atoms with Gasteiger partial charge in [0.15, 0.2) is 0 Å². The summed E-state index contributed by atoms with van der Waals surface area (Å²) >= 11 is 0. The van der Waals surface area contributed by atoms with Crippen LogP contribution >= 0.6 is 0 Å². The van der Waals surface area contributed by atoms with E-state index in [9.17, 15) is 4.79 Å². The second kappa shape index (κ2) is 7.60. The Balaban J connectivity index is 1.26. The molecule has 2 saturated heterocycles. The number of rotatable bonds is 6. The molecule has 2 aromatic heterocycles. The van der Waals surface area contributed by atoms with Gasteiger partial charge in [-0.15, -0.1) is 0 Å². The van der Waals surface area contributed by atoms with E-state index in [1.807, 2.05) is 42.4 Å². The first-order chi connectivity index (χ1) is 13.1. The Morgan fingerprint density at radius 2 is 2.11 bits per heavy atom. The molecule has 0 saturated carbocycles. The van der Waals surface area contributed by atoms with E-state index in [0.717, 1.165) is 37.3 Å². The molecule has 4 heterocycles. The van der Waals surface area contributed by atoms with Crippen LogP contribution in [-0.4, -0.2) is 57.6 Å². The SMILES string of the molecule is Cc1cnc(NCCC2CCOC23CN(C(=O)Cc2ccccn2)C3)nc1. The lowest BCUT2D eigenvalue weighted by Gasteiger charge is -2.50. The van der Waals surface area contributed by atoms with Crippen LogP contribution in [0.3, 0.4) is 0 Å². The highest BCUT2D eigenvalue weighted by atomic mass is 16.5. The summed E-state index contributed by atoms with van der Waals surface area (Å²) in [4.78, 5) is 27.2. The number of likely N-dealkylation sites (tertiary alicyclic amines) is 1. The Bertz CT molecular complexity index is 775. The first kappa shape index (κ1) is 17.9. The number of nitrogens with one attached hydrogen (secondary N) is 1. The molecule has 7 heteroatoms. The molecule has 0 bridgehead atoms. The number of anilines is 1. The molecule has 2 aliphatic rings. The predicted molar refractivity (Wildman–Crippen MR) is 101 cm³/mol. The van der Waals surface area contributed by atoms with Gasteiger partial charge in [0, 0.05) is 37.4 Å². The van der Waals surface area contributed by atoms with Crippen LogP contribution in [0.25, 0.3) is 0 Å². The summed E-state index contributed by atoms with van der Waals surface area (Å²) in [5.41, 5.74) is 1.69. The van der Waals surface area contributed by atoms with Crippen molar-refractivity contribution >= 4 is 11.9 Å². The first-order valence-corrected chi connectivity index (χ1v) is 9.49. The summed E-state index contributed by atoms with van der Waals surface area (Å²) in [5.74, 6) is 1.24. The zero-order chi connectivity index (χ0) is 18.7. The number of nitrogens with zero attached hydrogens (tertiary/aromatic N) is 4. The van der Waals surface area contributed by atoms with Crippen LogP contribution < -0.4 is 5.32 Å². The molecule has 0 aliphatic carbocycles. The fraction of sp³-hybridized carbons (Fsp3) is 0.500. The summed E-state index contributed by atoms with van der Waals surface area (Å²) < 4.78 is 6.07. The summed E-state index contributed by atoms with van der Waals surface area (Å²) in [5, 5.41) is 3.28. The number of carbonyl (C=O) groups is 1. The summed E-state index contributed by atoms with van der Waals surface area (Å²) in [6.07, 6.45) is 7.73. The molecule has 1 spiro atoms. The molecule has 2 fully saturated rings. The highest BCUT2D eigenvalue weighted by Crippen LogP contribution is 2.41. The van der Waals surface area contributed by atoms with Crippen molar-refractivity contribution in [1.29, 1.82) is 0 Å². The van der Waals surface area contributed by atoms with Gasteiger partial charge in [-0.1, -0.05) is 6.07 Å². The van der Waals surface area contributed by atoms with Gasteiger partial charge in [0.05, 0.1) is 19.5 Å². The normalized spacial score (nSPS) is 20.5. The topological polar surface area (TPSA) is 80.2 Å². The summed E-state index contributed by atoms with van der Waals surface area (Å²) in [6, 6.07) is 5.66. The number of aryl methyl sites for hydroxylation is 1. The monoisotopic (exact) mass is 367 g/mol. The van der Waals surface area contributed by atoms with Crippen LogP contribution in [0.4, 0.5) is 5.95 Å². The second-order valence-electron chi connectivity index (χ2n) is 7.45. The Hall–Kier alpha value is -2.54. The Kier molecular flexibility index (Phi) is 5.03. The first-order valence-electron chi connectivity index (χ1n) is 9.49. The Labute approximate surface area is 159 Å². The fourth-order valence-electron chi connectivity index (χ4n) is 3.93. The van der Waals surface area contributed by atoms with E-state index in [0.29, 0.717) is 31.4 Å². The number of ether oxygens (including phenoxy) is 1. The quantitative estimate of drug-likeness (QED) is 0.839. The summed E-state index contributed by atoms with van der Waals surface area (Å²) in [7, 11) is 0. The predicted octanol–water partition coefficient (Wildman–Crippen LogP) is 1.84. The van der Waals surface area contributed by atoms with Crippen molar-refractivity contribution in [3.05, 3.63) is 48.0 Å². The molecular formula is C20H25N5O2. The minimum absolute atomic E-state index is 0.125. The van der Waals surface area contributed by atoms with Gasteiger partial charge < -0.3 is 15.0 Å². The van der Waals surface area contributed by atoms with Gasteiger partial charge in [-0.2, -0.15) is 0 Å². The third-order valence-electron chi connectivity index (χ3n) is 5.48. The largest absolute Gasteiger partial charge is 0.371 e. The molecule has 1 N–H and O–H groups in total. The van der Waals surface area contributed by atoms with E-state index >= 15 is 0 Å². The third kappa shape index (κ3) is 3.93. The van der Waals surface area contributed by atoms with Crippen molar-refractivity contribution in [3.63, 3.8) is 0 Å². The molecular weight excluding hydrogens is 342 g/mol. The number of carbonyl (C=O) groups excluding carboxylic acids is 1. The lowest BCUT2D eigenvalue weighted by atomic mass is 9.78. The maximum atomic E-state index is 12.5. The highest BCUT2D eigenvalue weighted by molar-refractivity contribution is 5.79. The number of hydrogen-bond donors (Lipinski definition) is 1. The van der Waals surface area contributed by atoms with Crippen molar-refractivity contribution in [2.75, 3.05) is 31.6 Å². The molecule has 2 aromatic rings. The summed E-state index contributed by atoms with van der Waals surface area (Å²) in [6.45, 7) is 4.92. The average Bonchev–Trinajstić information content (AvgIpc) is 3.07. The average molecular weight is 367 g/mol. The van der Waals surface area contributed by atoms with Crippen LogP contribution in [0.1, 0.15) is 24.1 Å². The minimum atomic E-state index is -0.171. The van der Waals surface area contributed by atoms with E-state index in [2.05, 4.69) is 20.3 Å². The van der Waals surface area contributed by atoms with E-state index in [1.54, 1.807) is 6.20 Å². The van der Waals surface area contributed by atoms with Gasteiger partial charge in [0.25, 0.3) is 0 Å². The van der Waals surface area contributed by atoms with Crippen molar-refractivity contribution in [1.82, 2.24) is 19.9 Å². The molecule has 4 rings (SSSR count). The lowest BCUT2D eigenvalue weighted by Crippen LogP contribution is -2.66. The van der Waals surface area contributed by atoms with Gasteiger partial charge in [0.2, 0.25) is 11.9 Å². The zero-order valence-electron chi connectivity index (χ0n) is 15.6. The second-order valence-corrected chi connectivity index (χ2v) is 7.45. The molecule has 27 heavy (non-hydrogen) atoms. The van der Waals surface area contributed by atoms with Gasteiger partial charge in [0.1, 0.15) is 5.60 Å². The number of amides is 1. The van der Waals surface area contributed by atoms with Crippen molar-refractivity contribution < 1.29 is 9.53 Å². The van der Waals surface area contributed by atoms with Crippen LogP contribution in [0, 0.1) is 12.8 Å². The van der Waals surface area contributed by atoms with E-state index in [1.165, 1.54) is 0 Å².